The smallest absolute Gasteiger partial charge is 0.256 e. The highest BCUT2D eigenvalue weighted by Gasteiger charge is 2.16. The molecular formula is C18H20FN5O. The van der Waals surface area contributed by atoms with Gasteiger partial charge in [0, 0.05) is 38.3 Å². The summed E-state index contributed by atoms with van der Waals surface area (Å²) < 4.78 is 13.2. The lowest BCUT2D eigenvalue weighted by Crippen LogP contribution is -2.33. The molecule has 2 aromatic heterocycles. The molecule has 1 aromatic carbocycles. The van der Waals surface area contributed by atoms with Gasteiger partial charge in [-0.05, 0) is 25.1 Å². The van der Waals surface area contributed by atoms with Crippen molar-refractivity contribution in [1.29, 1.82) is 0 Å². The maximum atomic E-state index is 13.2. The molecule has 1 amide bonds. The van der Waals surface area contributed by atoms with E-state index in [4.69, 9.17) is 0 Å². The monoisotopic (exact) mass is 341 g/mol. The van der Waals surface area contributed by atoms with E-state index in [1.807, 2.05) is 13.8 Å². The first-order valence-electron chi connectivity index (χ1n) is 8.35. The Bertz CT molecular complexity index is 875. The Balaban J connectivity index is 1.69. The van der Waals surface area contributed by atoms with E-state index >= 15 is 0 Å². The highest BCUT2D eigenvalue weighted by Crippen LogP contribution is 2.13. The van der Waals surface area contributed by atoms with Gasteiger partial charge in [0.15, 0.2) is 0 Å². The number of likely N-dealkylation sites (N-methyl/N-ethyl adjacent to an activating group) is 1. The molecule has 6 nitrogen and oxygen atoms in total. The second kappa shape index (κ2) is 7.38. The lowest BCUT2D eigenvalue weighted by molar-refractivity contribution is 0.0764. The molecule has 7 heteroatoms. The van der Waals surface area contributed by atoms with Crippen LogP contribution in [0, 0.1) is 5.82 Å². The number of fused-ring (bicyclic) bond motifs is 1. The molecule has 0 bridgehead atoms. The Kier molecular flexibility index (Phi) is 5.02. The van der Waals surface area contributed by atoms with Crippen LogP contribution in [0.25, 0.3) is 11.0 Å². The van der Waals surface area contributed by atoms with Gasteiger partial charge in [-0.3, -0.25) is 4.79 Å². The van der Waals surface area contributed by atoms with E-state index in [1.165, 1.54) is 12.1 Å². The summed E-state index contributed by atoms with van der Waals surface area (Å²) in [4.78, 5) is 30.2. The van der Waals surface area contributed by atoms with Crippen molar-refractivity contribution in [2.75, 3.05) is 13.1 Å². The second-order valence-corrected chi connectivity index (χ2v) is 5.72. The molecular weight excluding hydrogens is 321 g/mol. The first-order chi connectivity index (χ1) is 12.1. The molecule has 0 fully saturated rings. The zero-order valence-corrected chi connectivity index (χ0v) is 14.3. The predicted octanol–water partition coefficient (Wildman–Crippen LogP) is 2.76. The Morgan fingerprint density at radius 3 is 2.68 bits per heavy atom. The van der Waals surface area contributed by atoms with Gasteiger partial charge >= 0.3 is 0 Å². The normalized spacial score (nSPS) is 11.0. The quantitative estimate of drug-likeness (QED) is 0.748. The molecule has 2 heterocycles. The SMILES string of the molecule is CCc1ncc(C(=O)N(CC)CCc2nc3ccc(F)cc3[nH]2)cn1. The van der Waals surface area contributed by atoms with Gasteiger partial charge in [-0.25, -0.2) is 19.3 Å². The third-order valence-corrected chi connectivity index (χ3v) is 4.05. The summed E-state index contributed by atoms with van der Waals surface area (Å²) in [7, 11) is 0. The Morgan fingerprint density at radius 2 is 2.00 bits per heavy atom. The summed E-state index contributed by atoms with van der Waals surface area (Å²) >= 11 is 0. The van der Waals surface area contributed by atoms with E-state index in [0.717, 1.165) is 12.2 Å². The lowest BCUT2D eigenvalue weighted by atomic mass is 10.2. The van der Waals surface area contributed by atoms with Crippen LogP contribution >= 0.6 is 0 Å². The molecule has 0 unspecified atom stereocenters. The van der Waals surface area contributed by atoms with Crippen LogP contribution in [0.1, 0.15) is 35.9 Å². The molecule has 130 valence electrons. The summed E-state index contributed by atoms with van der Waals surface area (Å²) in [5, 5.41) is 0. The van der Waals surface area contributed by atoms with Crippen LogP contribution in [-0.2, 0) is 12.8 Å². The van der Waals surface area contributed by atoms with Gasteiger partial charge in [-0.1, -0.05) is 6.92 Å². The second-order valence-electron chi connectivity index (χ2n) is 5.72. The topological polar surface area (TPSA) is 74.8 Å². The number of halogens is 1. The number of H-pyrrole nitrogens is 1. The highest BCUT2D eigenvalue weighted by atomic mass is 19.1. The number of aromatic nitrogens is 4. The van der Waals surface area contributed by atoms with Gasteiger partial charge in [-0.15, -0.1) is 0 Å². The number of carbonyl (C=O) groups is 1. The van der Waals surface area contributed by atoms with E-state index in [-0.39, 0.29) is 11.7 Å². The Morgan fingerprint density at radius 1 is 1.24 bits per heavy atom. The summed E-state index contributed by atoms with van der Waals surface area (Å²) in [5.41, 5.74) is 1.85. The number of rotatable bonds is 6. The van der Waals surface area contributed by atoms with Crippen molar-refractivity contribution < 1.29 is 9.18 Å². The van der Waals surface area contributed by atoms with E-state index in [1.54, 1.807) is 23.4 Å². The number of hydrogen-bond donors (Lipinski definition) is 1. The number of imidazole rings is 1. The zero-order valence-electron chi connectivity index (χ0n) is 14.3. The maximum absolute atomic E-state index is 13.2. The summed E-state index contributed by atoms with van der Waals surface area (Å²) in [6.07, 6.45) is 4.43. The van der Waals surface area contributed by atoms with Crippen molar-refractivity contribution in [1.82, 2.24) is 24.8 Å². The molecule has 0 aliphatic rings. The lowest BCUT2D eigenvalue weighted by Gasteiger charge is -2.20. The number of carbonyl (C=O) groups excluding carboxylic acids is 1. The van der Waals surface area contributed by atoms with Gasteiger partial charge < -0.3 is 9.88 Å². The molecule has 25 heavy (non-hydrogen) atoms. The summed E-state index contributed by atoms with van der Waals surface area (Å²) in [5.74, 6) is 1.04. The highest BCUT2D eigenvalue weighted by molar-refractivity contribution is 5.93. The van der Waals surface area contributed by atoms with E-state index < -0.39 is 0 Å². The molecule has 0 radical (unpaired) electrons. The fourth-order valence-corrected chi connectivity index (χ4v) is 2.63. The van der Waals surface area contributed by atoms with Crippen LogP contribution in [0.4, 0.5) is 4.39 Å². The van der Waals surface area contributed by atoms with Crippen molar-refractivity contribution in [3.05, 3.63) is 53.6 Å². The number of nitrogens with one attached hydrogen (secondary N) is 1. The van der Waals surface area contributed by atoms with Gasteiger partial charge in [0.2, 0.25) is 0 Å². The fraction of sp³-hybridized carbons (Fsp3) is 0.333. The van der Waals surface area contributed by atoms with Crippen LogP contribution in [0.3, 0.4) is 0 Å². The molecule has 0 saturated heterocycles. The van der Waals surface area contributed by atoms with Crippen LogP contribution in [0.5, 0.6) is 0 Å². The maximum Gasteiger partial charge on any atom is 0.256 e. The average Bonchev–Trinajstić information content (AvgIpc) is 3.04. The number of nitrogens with zero attached hydrogens (tertiary/aromatic N) is 4. The standard InChI is InChI=1S/C18H20FN5O/c1-3-16-20-10-12(11-21-16)18(25)24(4-2)8-7-17-22-14-6-5-13(19)9-15(14)23-17/h5-6,9-11H,3-4,7-8H2,1-2H3,(H,22,23). The van der Waals surface area contributed by atoms with Crippen molar-refractivity contribution in [3.8, 4) is 0 Å². The Hall–Kier alpha value is -2.83. The molecule has 0 atom stereocenters. The molecule has 1 N–H and O–H groups in total. The minimum absolute atomic E-state index is 0.104. The van der Waals surface area contributed by atoms with E-state index in [9.17, 15) is 9.18 Å². The van der Waals surface area contributed by atoms with Crippen LogP contribution in [0.2, 0.25) is 0 Å². The minimum Gasteiger partial charge on any atom is -0.342 e. The number of aromatic amines is 1. The number of amides is 1. The van der Waals surface area contributed by atoms with E-state index in [2.05, 4.69) is 19.9 Å². The number of aryl methyl sites for hydroxylation is 1. The van der Waals surface area contributed by atoms with Crippen molar-refractivity contribution in [3.63, 3.8) is 0 Å². The van der Waals surface area contributed by atoms with Gasteiger partial charge in [0.05, 0.1) is 16.6 Å². The fourth-order valence-electron chi connectivity index (χ4n) is 2.63. The van der Waals surface area contributed by atoms with Gasteiger partial charge in [-0.2, -0.15) is 0 Å². The predicted molar refractivity (Wildman–Crippen MR) is 92.7 cm³/mol. The largest absolute Gasteiger partial charge is 0.342 e. The third-order valence-electron chi connectivity index (χ3n) is 4.05. The van der Waals surface area contributed by atoms with Crippen LogP contribution < -0.4 is 0 Å². The summed E-state index contributed by atoms with van der Waals surface area (Å²) in [6, 6.07) is 4.44. The molecule has 0 spiro atoms. The molecule has 0 saturated carbocycles. The van der Waals surface area contributed by atoms with E-state index in [0.29, 0.717) is 41.9 Å². The molecule has 0 aliphatic carbocycles. The van der Waals surface area contributed by atoms with Crippen LogP contribution in [-0.4, -0.2) is 43.8 Å². The molecule has 0 aliphatic heterocycles. The van der Waals surface area contributed by atoms with Crippen molar-refractivity contribution >= 4 is 16.9 Å². The van der Waals surface area contributed by atoms with Gasteiger partial charge in [0.25, 0.3) is 5.91 Å². The number of benzene rings is 1. The van der Waals surface area contributed by atoms with Crippen LogP contribution in [0.15, 0.2) is 30.6 Å². The zero-order chi connectivity index (χ0) is 17.8. The first kappa shape index (κ1) is 17.0. The summed E-state index contributed by atoms with van der Waals surface area (Å²) in [6.45, 7) is 4.97. The van der Waals surface area contributed by atoms with Crippen molar-refractivity contribution in [2.45, 2.75) is 26.7 Å². The van der Waals surface area contributed by atoms with Crippen molar-refractivity contribution in [2.24, 2.45) is 0 Å². The Labute approximate surface area is 145 Å². The minimum atomic E-state index is -0.302. The number of hydrogen-bond acceptors (Lipinski definition) is 4. The third kappa shape index (κ3) is 3.81. The first-order valence-corrected chi connectivity index (χ1v) is 8.35. The molecule has 3 aromatic rings. The van der Waals surface area contributed by atoms with Gasteiger partial charge in [0.1, 0.15) is 17.5 Å². The molecule has 3 rings (SSSR count). The average molecular weight is 341 g/mol.